The lowest BCUT2D eigenvalue weighted by atomic mass is 10.0. The minimum Gasteiger partial charge on any atom is -0.296 e. The lowest BCUT2D eigenvalue weighted by Crippen LogP contribution is -2.14. The van der Waals surface area contributed by atoms with E-state index in [4.69, 9.17) is 6.42 Å². The number of imidazole rings is 1. The number of hydrogen-bond donors (Lipinski definition) is 1. The van der Waals surface area contributed by atoms with E-state index in [1.807, 2.05) is 6.07 Å². The smallest absolute Gasteiger partial charge is 0.227 e. The molecular weight excluding hydrogens is 393 g/mol. The molecule has 0 spiro atoms. The first-order chi connectivity index (χ1) is 15.1. The zero-order valence-corrected chi connectivity index (χ0v) is 16.5. The second-order valence-electron chi connectivity index (χ2n) is 6.90. The maximum Gasteiger partial charge on any atom is 0.227 e. The highest BCUT2D eigenvalue weighted by atomic mass is 19.1. The van der Waals surface area contributed by atoms with Gasteiger partial charge in [-0.1, -0.05) is 30.3 Å². The molecule has 1 N–H and O–H groups in total. The van der Waals surface area contributed by atoms with Crippen LogP contribution in [0.5, 0.6) is 0 Å². The predicted molar refractivity (Wildman–Crippen MR) is 118 cm³/mol. The van der Waals surface area contributed by atoms with Gasteiger partial charge in [0.2, 0.25) is 11.9 Å². The lowest BCUT2D eigenvalue weighted by Gasteiger charge is -2.10. The molecule has 0 aliphatic carbocycles. The molecule has 0 aliphatic rings. The molecule has 152 valence electrons. The first kappa shape index (κ1) is 20.0. The average molecular weight is 411 g/mol. The van der Waals surface area contributed by atoms with Gasteiger partial charge in [-0.25, -0.2) is 9.37 Å². The molecule has 1 heterocycles. The molecule has 1 aromatic heterocycles. The van der Waals surface area contributed by atoms with Crippen molar-refractivity contribution in [3.63, 3.8) is 0 Å². The molecule has 4 rings (SSSR count). The number of hydrogen-bond acceptors (Lipinski definition) is 3. The molecule has 0 bridgehead atoms. The van der Waals surface area contributed by atoms with Gasteiger partial charge in [-0.15, -0.1) is 12.3 Å². The summed E-state index contributed by atoms with van der Waals surface area (Å²) in [5.41, 5.74) is 2.84. The number of carbonyl (C=O) groups is 2. The Bertz CT molecular complexity index is 1300. The third-order valence-corrected chi connectivity index (χ3v) is 4.79. The Morgan fingerprint density at radius 3 is 2.45 bits per heavy atom. The van der Waals surface area contributed by atoms with Crippen LogP contribution in [0, 0.1) is 18.2 Å². The first-order valence-corrected chi connectivity index (χ1v) is 9.68. The summed E-state index contributed by atoms with van der Waals surface area (Å²) in [6.45, 7) is 0. The molecule has 3 aromatic carbocycles. The average Bonchev–Trinajstić information content (AvgIpc) is 3.15. The number of benzene rings is 3. The Balaban J connectivity index is 1.82. The fourth-order valence-electron chi connectivity index (χ4n) is 3.28. The molecule has 5 nitrogen and oxygen atoms in total. The Kier molecular flexibility index (Phi) is 5.59. The number of carbonyl (C=O) groups excluding carboxylic acids is 2. The van der Waals surface area contributed by atoms with E-state index in [2.05, 4.69) is 16.2 Å². The number of rotatable bonds is 6. The van der Waals surface area contributed by atoms with Gasteiger partial charge in [-0.3, -0.25) is 19.5 Å². The van der Waals surface area contributed by atoms with E-state index in [1.54, 1.807) is 59.2 Å². The summed E-state index contributed by atoms with van der Waals surface area (Å²) in [6, 6.07) is 19.9. The Hall–Kier alpha value is -4.24. The highest BCUT2D eigenvalue weighted by Gasteiger charge is 2.17. The van der Waals surface area contributed by atoms with Crippen molar-refractivity contribution >= 4 is 28.7 Å². The summed E-state index contributed by atoms with van der Waals surface area (Å²) >= 11 is 0. The van der Waals surface area contributed by atoms with Crippen LogP contribution < -0.4 is 5.32 Å². The number of halogens is 1. The molecule has 0 saturated carbocycles. The van der Waals surface area contributed by atoms with E-state index in [0.717, 1.165) is 0 Å². The summed E-state index contributed by atoms with van der Waals surface area (Å²) in [5, 5.41) is 2.77. The van der Waals surface area contributed by atoms with Crippen LogP contribution in [-0.4, -0.2) is 21.2 Å². The number of aromatic nitrogens is 2. The predicted octanol–water partition coefficient (Wildman–Crippen LogP) is 4.75. The molecule has 6 heteroatoms. The van der Waals surface area contributed by atoms with Crippen LogP contribution in [0.25, 0.3) is 16.7 Å². The second kappa shape index (κ2) is 8.64. The number of fused-ring (bicyclic) bond motifs is 1. The van der Waals surface area contributed by atoms with Crippen molar-refractivity contribution in [3.05, 3.63) is 89.7 Å². The van der Waals surface area contributed by atoms with Crippen LogP contribution in [-0.2, 0) is 4.79 Å². The van der Waals surface area contributed by atoms with Gasteiger partial charge in [0, 0.05) is 29.7 Å². The van der Waals surface area contributed by atoms with Crippen molar-refractivity contribution in [2.75, 3.05) is 5.32 Å². The molecule has 1 amide bonds. The topological polar surface area (TPSA) is 64.0 Å². The summed E-state index contributed by atoms with van der Waals surface area (Å²) in [6.07, 6.45) is 5.70. The molecular formula is C25H18FN3O2. The van der Waals surface area contributed by atoms with Gasteiger partial charge in [0.1, 0.15) is 5.82 Å². The van der Waals surface area contributed by atoms with Crippen LogP contribution in [0.4, 0.5) is 10.3 Å². The van der Waals surface area contributed by atoms with Crippen molar-refractivity contribution < 1.29 is 14.0 Å². The Morgan fingerprint density at radius 2 is 1.74 bits per heavy atom. The quantitative estimate of drug-likeness (QED) is 0.368. The molecule has 0 radical (unpaired) electrons. The maximum absolute atomic E-state index is 13.5. The Morgan fingerprint density at radius 1 is 1.00 bits per heavy atom. The fraction of sp³-hybridized carbons (Fsp3) is 0.0800. The number of terminal acetylenes is 1. The first-order valence-electron chi connectivity index (χ1n) is 9.68. The van der Waals surface area contributed by atoms with E-state index in [1.165, 1.54) is 12.1 Å². The molecule has 0 saturated heterocycles. The van der Waals surface area contributed by atoms with Crippen LogP contribution in [0.3, 0.4) is 0 Å². The highest BCUT2D eigenvalue weighted by Crippen LogP contribution is 2.27. The van der Waals surface area contributed by atoms with Gasteiger partial charge in [0.05, 0.1) is 11.0 Å². The third-order valence-electron chi connectivity index (χ3n) is 4.79. The third kappa shape index (κ3) is 4.21. The molecule has 31 heavy (non-hydrogen) atoms. The van der Waals surface area contributed by atoms with Crippen molar-refractivity contribution in [3.8, 4) is 18.0 Å². The normalized spacial score (nSPS) is 10.6. The van der Waals surface area contributed by atoms with Crippen LogP contribution in [0.2, 0.25) is 0 Å². The lowest BCUT2D eigenvalue weighted by molar-refractivity contribution is -0.116. The second-order valence-corrected chi connectivity index (χ2v) is 6.90. The molecule has 0 fully saturated rings. The molecule has 0 aliphatic heterocycles. The van der Waals surface area contributed by atoms with Crippen molar-refractivity contribution in [2.45, 2.75) is 12.8 Å². The zero-order chi connectivity index (χ0) is 21.8. The van der Waals surface area contributed by atoms with Gasteiger partial charge in [-0.05, 0) is 42.5 Å². The van der Waals surface area contributed by atoms with Gasteiger partial charge in [0.25, 0.3) is 0 Å². The summed E-state index contributed by atoms with van der Waals surface area (Å²) in [5.74, 6) is 1.91. The number of anilines is 1. The maximum atomic E-state index is 13.5. The number of nitrogens with one attached hydrogen (secondary N) is 1. The van der Waals surface area contributed by atoms with Crippen molar-refractivity contribution in [1.29, 1.82) is 0 Å². The van der Waals surface area contributed by atoms with Crippen molar-refractivity contribution in [1.82, 2.24) is 9.55 Å². The number of ketones is 1. The van der Waals surface area contributed by atoms with E-state index in [0.29, 0.717) is 34.3 Å². The summed E-state index contributed by atoms with van der Waals surface area (Å²) < 4.78 is 15.2. The van der Waals surface area contributed by atoms with Crippen LogP contribution >= 0.6 is 0 Å². The SMILES string of the molecule is C#CCCC(=O)Nc1nc2ccc(C(=O)c3ccccc3)cc2n1-c1ccc(F)cc1. The van der Waals surface area contributed by atoms with E-state index < -0.39 is 0 Å². The standard InChI is InChI=1S/C25H18FN3O2/c1-2-3-9-23(30)28-25-27-21-15-10-18(24(31)17-7-5-4-6-8-17)16-22(21)29(25)20-13-11-19(26)12-14-20/h1,4-8,10-16H,3,9H2,(H,27,28,30). The highest BCUT2D eigenvalue weighted by molar-refractivity contribution is 6.10. The summed E-state index contributed by atoms with van der Waals surface area (Å²) in [4.78, 5) is 29.7. The minimum absolute atomic E-state index is 0.131. The summed E-state index contributed by atoms with van der Waals surface area (Å²) in [7, 11) is 0. The number of nitrogens with zero attached hydrogens (tertiary/aromatic N) is 2. The Labute approximate surface area is 178 Å². The van der Waals surface area contributed by atoms with Gasteiger partial charge >= 0.3 is 0 Å². The fourth-order valence-corrected chi connectivity index (χ4v) is 3.28. The van der Waals surface area contributed by atoms with Gasteiger partial charge < -0.3 is 0 Å². The van der Waals surface area contributed by atoms with Crippen molar-refractivity contribution in [2.24, 2.45) is 0 Å². The van der Waals surface area contributed by atoms with Gasteiger partial charge in [0.15, 0.2) is 5.78 Å². The zero-order valence-electron chi connectivity index (χ0n) is 16.5. The molecule has 0 unspecified atom stereocenters. The van der Waals surface area contributed by atoms with Crippen LogP contribution in [0.15, 0.2) is 72.8 Å². The minimum atomic E-state index is -0.382. The molecule has 0 atom stereocenters. The van der Waals surface area contributed by atoms with E-state index in [9.17, 15) is 14.0 Å². The van der Waals surface area contributed by atoms with E-state index >= 15 is 0 Å². The molecule has 4 aromatic rings. The van der Waals surface area contributed by atoms with Gasteiger partial charge in [-0.2, -0.15) is 0 Å². The van der Waals surface area contributed by atoms with Crippen LogP contribution in [0.1, 0.15) is 28.8 Å². The van der Waals surface area contributed by atoms with E-state index in [-0.39, 0.29) is 29.9 Å². The number of amides is 1. The largest absolute Gasteiger partial charge is 0.296 e. The monoisotopic (exact) mass is 411 g/mol.